The minimum absolute atomic E-state index is 0.0468. The van der Waals surface area contributed by atoms with Gasteiger partial charge in [0.15, 0.2) is 0 Å². The van der Waals surface area contributed by atoms with Crippen LogP contribution in [-0.4, -0.2) is 67.3 Å². The third-order valence-corrected chi connectivity index (χ3v) is 8.54. The Hall–Kier alpha value is -3.60. The van der Waals surface area contributed by atoms with E-state index in [9.17, 15) is 23.5 Å². The van der Waals surface area contributed by atoms with E-state index < -0.39 is 35.7 Å². The highest BCUT2D eigenvalue weighted by Gasteiger charge is 2.34. The molecule has 0 unspecified atom stereocenters. The van der Waals surface area contributed by atoms with Gasteiger partial charge in [-0.1, -0.05) is 44.9 Å². The van der Waals surface area contributed by atoms with Gasteiger partial charge in [0, 0.05) is 31.6 Å². The van der Waals surface area contributed by atoms with Crippen molar-refractivity contribution >= 4 is 11.8 Å². The number of nitrogens with one attached hydrogen (secondary N) is 2. The van der Waals surface area contributed by atoms with Gasteiger partial charge in [-0.2, -0.15) is 0 Å². The van der Waals surface area contributed by atoms with Crippen molar-refractivity contribution in [3.63, 3.8) is 0 Å². The van der Waals surface area contributed by atoms with Crippen LogP contribution in [0.3, 0.4) is 0 Å². The largest absolute Gasteiger partial charge is 0.497 e. The quantitative estimate of drug-likeness (QED) is 0.174. The van der Waals surface area contributed by atoms with Gasteiger partial charge in [0.2, 0.25) is 11.8 Å². The number of nitrogens with zero attached hydrogens (tertiary/aromatic N) is 1. The monoisotopic (exact) mass is 641 g/mol. The van der Waals surface area contributed by atoms with Crippen molar-refractivity contribution in [1.29, 1.82) is 0 Å². The highest BCUT2D eigenvalue weighted by molar-refractivity contribution is 5.88. The number of halogens is 2. The van der Waals surface area contributed by atoms with Crippen LogP contribution in [0.15, 0.2) is 61.7 Å². The molecule has 46 heavy (non-hydrogen) atoms. The molecule has 2 aromatic carbocycles. The van der Waals surface area contributed by atoms with E-state index in [-0.39, 0.29) is 48.9 Å². The summed E-state index contributed by atoms with van der Waals surface area (Å²) in [7, 11) is 3.18. The van der Waals surface area contributed by atoms with Gasteiger partial charge in [-0.3, -0.25) is 9.59 Å². The number of unbranched alkanes of at least 4 members (excludes halogenated alkanes) is 1. The van der Waals surface area contributed by atoms with Crippen molar-refractivity contribution in [1.82, 2.24) is 15.5 Å². The fraction of sp³-hybridized carbons (Fsp3) is 0.500. The summed E-state index contributed by atoms with van der Waals surface area (Å²) in [4.78, 5) is 28.3. The maximum Gasteiger partial charge on any atom is 0.243 e. The van der Waals surface area contributed by atoms with E-state index in [1.165, 1.54) is 17.0 Å². The number of likely N-dealkylation sites (N-methyl/N-ethyl adjacent to an activating group) is 1. The Morgan fingerprint density at radius 2 is 1.85 bits per heavy atom. The molecule has 0 spiro atoms. The summed E-state index contributed by atoms with van der Waals surface area (Å²) in [6, 6.07) is 6.88. The Labute approximate surface area is 271 Å². The van der Waals surface area contributed by atoms with Gasteiger partial charge in [-0.15, -0.1) is 13.2 Å². The van der Waals surface area contributed by atoms with Crippen molar-refractivity contribution in [2.75, 3.05) is 27.3 Å². The van der Waals surface area contributed by atoms with Crippen LogP contribution >= 0.6 is 0 Å². The van der Waals surface area contributed by atoms with Gasteiger partial charge >= 0.3 is 0 Å². The lowest BCUT2D eigenvalue weighted by molar-refractivity contribution is -0.142. The molecule has 0 radical (unpaired) electrons. The Morgan fingerprint density at radius 3 is 2.48 bits per heavy atom. The number of carbonyl (C=O) groups excluding carboxylic acids is 2. The van der Waals surface area contributed by atoms with Gasteiger partial charge in [0.25, 0.3) is 0 Å². The van der Waals surface area contributed by atoms with E-state index in [0.29, 0.717) is 25.2 Å². The summed E-state index contributed by atoms with van der Waals surface area (Å²) in [5, 5.41) is 17.8. The van der Waals surface area contributed by atoms with E-state index in [1.54, 1.807) is 26.3 Å². The number of methoxy groups -OCH3 is 1. The lowest BCUT2D eigenvalue weighted by Gasteiger charge is -2.32. The summed E-state index contributed by atoms with van der Waals surface area (Å²) in [6.07, 6.45) is 5.20. The number of carbonyl (C=O) groups is 2. The molecule has 3 rings (SSSR count). The Kier molecular flexibility index (Phi) is 14.4. The molecule has 0 aromatic heterocycles. The van der Waals surface area contributed by atoms with E-state index in [4.69, 9.17) is 9.47 Å². The van der Waals surface area contributed by atoms with Gasteiger partial charge in [0.1, 0.15) is 23.4 Å². The summed E-state index contributed by atoms with van der Waals surface area (Å²) < 4.78 is 39.7. The molecular formula is C36H49F2N3O5. The first-order valence-electron chi connectivity index (χ1n) is 16.0. The highest BCUT2D eigenvalue weighted by Crippen LogP contribution is 2.42. The van der Waals surface area contributed by atoms with Crippen molar-refractivity contribution < 1.29 is 33.0 Å². The number of amides is 2. The summed E-state index contributed by atoms with van der Waals surface area (Å²) in [6.45, 7) is 11.8. The molecule has 0 fully saturated rings. The molecular weight excluding hydrogens is 592 g/mol. The van der Waals surface area contributed by atoms with Crippen LogP contribution in [0.2, 0.25) is 0 Å². The first-order chi connectivity index (χ1) is 22.0. The zero-order chi connectivity index (χ0) is 33.8. The third-order valence-electron chi connectivity index (χ3n) is 8.54. The molecule has 1 aliphatic carbocycles. The molecule has 0 heterocycles. The Balaban J connectivity index is 1.82. The average molecular weight is 642 g/mol. The minimum Gasteiger partial charge on any atom is -0.497 e. The van der Waals surface area contributed by atoms with Crippen molar-refractivity contribution in [3.05, 3.63) is 90.0 Å². The number of hydrogen-bond acceptors (Lipinski definition) is 6. The zero-order valence-electron chi connectivity index (χ0n) is 27.4. The number of hydrogen-bond donors (Lipinski definition) is 3. The van der Waals surface area contributed by atoms with E-state index in [0.717, 1.165) is 30.0 Å². The maximum atomic E-state index is 14.1. The smallest absolute Gasteiger partial charge is 0.243 e. The number of ether oxygens (including phenoxy) is 2. The van der Waals surface area contributed by atoms with Crippen molar-refractivity contribution in [3.8, 4) is 5.75 Å². The van der Waals surface area contributed by atoms with Gasteiger partial charge in [-0.25, -0.2) is 8.78 Å². The van der Waals surface area contributed by atoms with Crippen LogP contribution in [0.25, 0.3) is 0 Å². The third kappa shape index (κ3) is 9.95. The molecule has 8 nitrogen and oxygen atoms in total. The summed E-state index contributed by atoms with van der Waals surface area (Å²) in [5.41, 5.74) is 2.24. The fourth-order valence-electron chi connectivity index (χ4n) is 5.96. The van der Waals surface area contributed by atoms with E-state index in [1.807, 2.05) is 25.1 Å². The van der Waals surface area contributed by atoms with E-state index in [2.05, 4.69) is 30.7 Å². The van der Waals surface area contributed by atoms with Gasteiger partial charge < -0.3 is 30.1 Å². The van der Waals surface area contributed by atoms with E-state index >= 15 is 0 Å². The van der Waals surface area contributed by atoms with Crippen LogP contribution in [0.4, 0.5) is 8.78 Å². The lowest BCUT2D eigenvalue weighted by Crippen LogP contribution is -2.55. The first-order valence-corrected chi connectivity index (χ1v) is 16.0. The summed E-state index contributed by atoms with van der Waals surface area (Å²) in [5.74, 6) is -1.75. The number of aliphatic hydroxyl groups is 1. The Bertz CT molecular complexity index is 1320. The van der Waals surface area contributed by atoms with Gasteiger partial charge in [-0.05, 0) is 66.6 Å². The molecule has 0 saturated heterocycles. The molecule has 2 amide bonds. The second-order valence-electron chi connectivity index (χ2n) is 12.0. The van der Waals surface area contributed by atoms with Gasteiger partial charge in [0.05, 0.1) is 32.0 Å². The van der Waals surface area contributed by atoms with Crippen LogP contribution in [0, 0.1) is 17.6 Å². The van der Waals surface area contributed by atoms with Crippen molar-refractivity contribution in [2.24, 2.45) is 5.92 Å². The first kappa shape index (κ1) is 36.9. The topological polar surface area (TPSA) is 100 Å². The predicted molar refractivity (Wildman–Crippen MR) is 175 cm³/mol. The molecule has 1 aliphatic rings. The van der Waals surface area contributed by atoms with Crippen LogP contribution in [-0.2, 0) is 20.7 Å². The molecule has 10 heteroatoms. The SMILES string of the molecule is C=CCO[C@@H]1C[C@H](NC[C@@H](O)[C@H](Cc2cc(F)cc(F)c2)NC(=O)[C@H](CC=C)N(C)C(=O)[C@@H](C)CCCC)c2cc(OC)ccc21. The molecule has 252 valence electrons. The zero-order valence-corrected chi connectivity index (χ0v) is 27.4. The second-order valence-corrected chi connectivity index (χ2v) is 12.0. The molecule has 0 bridgehead atoms. The fourth-order valence-corrected chi connectivity index (χ4v) is 5.96. The lowest BCUT2D eigenvalue weighted by atomic mass is 9.98. The van der Waals surface area contributed by atoms with Crippen LogP contribution in [0.1, 0.15) is 74.8 Å². The second kappa shape index (κ2) is 17.9. The molecule has 0 saturated carbocycles. The molecule has 0 aliphatic heterocycles. The van der Waals surface area contributed by atoms with Crippen LogP contribution in [0.5, 0.6) is 5.75 Å². The van der Waals surface area contributed by atoms with Crippen LogP contribution < -0.4 is 15.4 Å². The van der Waals surface area contributed by atoms with Crippen molar-refractivity contribution in [2.45, 2.75) is 82.7 Å². The molecule has 6 atom stereocenters. The molecule has 3 N–H and O–H groups in total. The number of aliphatic hydroxyl groups excluding tert-OH is 1. The summed E-state index contributed by atoms with van der Waals surface area (Å²) >= 11 is 0. The Morgan fingerprint density at radius 1 is 1.13 bits per heavy atom. The minimum atomic E-state index is -1.16. The number of benzene rings is 2. The molecule has 2 aromatic rings. The highest BCUT2D eigenvalue weighted by atomic mass is 19.1. The maximum absolute atomic E-state index is 14.1. The standard InChI is InChI=1S/C36H49F2N3O5/c1-7-10-12-23(4)36(44)41(5)32(11-8-2)35(43)40-31(18-24-16-25(37)19-26(38)17-24)33(42)22-39-30-21-34(46-15-9-3)28-14-13-27(45-6)20-29(28)30/h8-9,13-14,16-17,19-20,23,30-34,39,42H,2-3,7,10-12,15,18,21-22H2,1,4-6H3,(H,40,43)/t23-,30-,31-,32-,33+,34+/m0/s1. The number of rotatable bonds is 19. The predicted octanol–water partition coefficient (Wildman–Crippen LogP) is 5.57. The normalized spacial score (nSPS) is 18.2. The average Bonchev–Trinajstić information content (AvgIpc) is 3.38. The number of fused-ring (bicyclic) bond motifs is 1.